The van der Waals surface area contributed by atoms with Crippen LogP contribution in [-0.2, 0) is 10.0 Å². The number of piperazine rings is 1. The van der Waals surface area contributed by atoms with Gasteiger partial charge >= 0.3 is 0 Å². The van der Waals surface area contributed by atoms with Gasteiger partial charge in [-0.3, -0.25) is 20.2 Å². The Morgan fingerprint density at radius 2 is 1.56 bits per heavy atom. The summed E-state index contributed by atoms with van der Waals surface area (Å²) in [6.45, 7) is 3.65. The van der Waals surface area contributed by atoms with Crippen molar-refractivity contribution >= 4 is 38.9 Å². The van der Waals surface area contributed by atoms with Crippen molar-refractivity contribution in [1.82, 2.24) is 19.3 Å². The van der Waals surface area contributed by atoms with Crippen molar-refractivity contribution in [3.8, 4) is 0 Å². The molecule has 1 aliphatic heterocycles. The van der Waals surface area contributed by atoms with Gasteiger partial charge in [0.1, 0.15) is 28.8 Å². The first-order chi connectivity index (χ1) is 17.1. The zero-order chi connectivity index (χ0) is 26.0. The van der Waals surface area contributed by atoms with E-state index in [0.29, 0.717) is 23.3 Å². The maximum absolute atomic E-state index is 13.2. The van der Waals surface area contributed by atoms with Crippen LogP contribution >= 0.6 is 0 Å². The fourth-order valence-electron chi connectivity index (χ4n) is 3.84. The lowest BCUT2D eigenvalue weighted by molar-refractivity contribution is -0.395. The Bertz CT molecular complexity index is 1390. The lowest BCUT2D eigenvalue weighted by Gasteiger charge is -2.34. The molecule has 4 rings (SSSR count). The van der Waals surface area contributed by atoms with Crippen molar-refractivity contribution in [2.75, 3.05) is 36.4 Å². The van der Waals surface area contributed by atoms with Crippen LogP contribution in [0.5, 0.6) is 0 Å². The van der Waals surface area contributed by atoms with E-state index < -0.39 is 36.1 Å². The molecule has 36 heavy (non-hydrogen) atoms. The Morgan fingerprint density at radius 1 is 0.917 bits per heavy atom. The first-order valence-corrected chi connectivity index (χ1v) is 12.2. The lowest BCUT2D eigenvalue weighted by Crippen LogP contribution is -2.49. The van der Waals surface area contributed by atoms with Gasteiger partial charge in [0, 0.05) is 50.6 Å². The Morgan fingerprint density at radius 3 is 2.11 bits per heavy atom. The first-order valence-electron chi connectivity index (χ1n) is 10.8. The Labute approximate surface area is 206 Å². The van der Waals surface area contributed by atoms with Crippen molar-refractivity contribution in [3.63, 3.8) is 0 Å². The lowest BCUT2D eigenvalue weighted by atomic mass is 10.1. The zero-order valence-electron chi connectivity index (χ0n) is 19.4. The number of aromatic nitrogens is 3. The monoisotopic (exact) mass is 514 g/mol. The number of benzene rings is 1. The van der Waals surface area contributed by atoms with Crippen molar-refractivity contribution in [1.29, 1.82) is 0 Å². The summed E-state index contributed by atoms with van der Waals surface area (Å²) in [6, 6.07) is 8.89. The second-order valence-corrected chi connectivity index (χ2v) is 9.93. The van der Waals surface area contributed by atoms with Crippen molar-refractivity contribution < 1.29 is 18.3 Å². The van der Waals surface area contributed by atoms with Gasteiger partial charge in [-0.25, -0.2) is 23.4 Å². The molecular weight excluding hydrogens is 492 g/mol. The first kappa shape index (κ1) is 24.9. The van der Waals surface area contributed by atoms with Gasteiger partial charge in [0.15, 0.2) is 0 Å². The number of nitrogens with one attached hydrogen (secondary N) is 1. The average molecular weight is 515 g/mol. The molecule has 0 amide bonds. The molecule has 3 heterocycles. The van der Waals surface area contributed by atoms with Crippen LogP contribution in [0, 0.1) is 34.1 Å². The van der Waals surface area contributed by atoms with Gasteiger partial charge in [0.2, 0.25) is 10.0 Å². The molecule has 0 bridgehead atoms. The molecule has 0 saturated carbocycles. The normalized spacial score (nSPS) is 14.4. The highest BCUT2D eigenvalue weighted by Gasteiger charge is 2.33. The highest BCUT2D eigenvalue weighted by atomic mass is 32.2. The number of rotatable bonds is 7. The van der Waals surface area contributed by atoms with Crippen LogP contribution in [0.2, 0.25) is 0 Å². The fraction of sp³-hybridized carbons (Fsp3) is 0.286. The number of nitrogens with zero attached hydrogens (tertiary/aromatic N) is 7. The molecule has 1 aliphatic rings. The molecule has 0 unspecified atom stereocenters. The van der Waals surface area contributed by atoms with Crippen molar-refractivity contribution in [2.45, 2.75) is 18.7 Å². The van der Waals surface area contributed by atoms with Crippen LogP contribution in [0.1, 0.15) is 11.4 Å². The molecule has 1 N–H and O–H groups in total. The highest BCUT2D eigenvalue weighted by molar-refractivity contribution is 7.89. The molecule has 3 aromatic rings. The number of anilines is 3. The van der Waals surface area contributed by atoms with E-state index in [2.05, 4.69) is 20.3 Å². The predicted octanol–water partition coefficient (Wildman–Crippen LogP) is 2.56. The molecule has 1 fully saturated rings. The summed E-state index contributed by atoms with van der Waals surface area (Å²) in [5, 5.41) is 25.8. The number of nitro groups is 2. The summed E-state index contributed by atoms with van der Waals surface area (Å²) in [4.78, 5) is 35.5. The maximum Gasteiger partial charge on any atom is 0.280 e. The Kier molecular flexibility index (Phi) is 6.76. The van der Waals surface area contributed by atoms with Gasteiger partial charge in [-0.15, -0.1) is 0 Å². The maximum atomic E-state index is 13.2. The van der Waals surface area contributed by atoms with Gasteiger partial charge in [0.25, 0.3) is 11.4 Å². The van der Waals surface area contributed by atoms with Gasteiger partial charge in [-0.2, -0.15) is 4.31 Å². The second-order valence-electron chi connectivity index (χ2n) is 7.99. The Balaban J connectivity index is 1.54. The topological polar surface area (TPSA) is 178 Å². The number of aryl methyl sites for hydroxylation is 1. The van der Waals surface area contributed by atoms with Crippen LogP contribution in [-0.4, -0.2) is 63.7 Å². The van der Waals surface area contributed by atoms with E-state index in [-0.39, 0.29) is 31.7 Å². The van der Waals surface area contributed by atoms with E-state index in [1.807, 2.05) is 11.0 Å². The van der Waals surface area contributed by atoms with E-state index in [1.54, 1.807) is 31.3 Å². The molecular formula is C21H22N8O6S. The predicted molar refractivity (Wildman–Crippen MR) is 130 cm³/mol. The third kappa shape index (κ3) is 5.06. The summed E-state index contributed by atoms with van der Waals surface area (Å²) >= 11 is 0. The van der Waals surface area contributed by atoms with Crippen LogP contribution in [0.15, 0.2) is 47.5 Å². The largest absolute Gasteiger partial charge is 0.354 e. The fourth-order valence-corrected chi connectivity index (χ4v) is 5.30. The van der Waals surface area contributed by atoms with Gasteiger partial charge in [-0.1, -0.05) is 6.07 Å². The van der Waals surface area contributed by atoms with Crippen LogP contribution in [0.3, 0.4) is 0 Å². The summed E-state index contributed by atoms with van der Waals surface area (Å²) in [6.07, 6.45) is 1.65. The number of hydrogen-bond acceptors (Lipinski definition) is 11. The minimum Gasteiger partial charge on any atom is -0.354 e. The van der Waals surface area contributed by atoms with Crippen molar-refractivity contribution in [2.24, 2.45) is 0 Å². The van der Waals surface area contributed by atoms with Crippen LogP contribution in [0.25, 0.3) is 0 Å². The van der Waals surface area contributed by atoms with Crippen LogP contribution in [0.4, 0.5) is 28.8 Å². The average Bonchev–Trinajstić information content (AvgIpc) is 2.84. The van der Waals surface area contributed by atoms with E-state index in [0.717, 1.165) is 16.4 Å². The summed E-state index contributed by atoms with van der Waals surface area (Å²) in [5.41, 5.74) is -1.44. The third-order valence-corrected chi connectivity index (χ3v) is 7.54. The molecule has 0 radical (unpaired) electrons. The third-order valence-electron chi connectivity index (χ3n) is 5.67. The minimum atomic E-state index is -4.21. The molecule has 15 heteroatoms. The van der Waals surface area contributed by atoms with E-state index >= 15 is 0 Å². The number of nitro benzene ring substituents is 2. The van der Waals surface area contributed by atoms with E-state index in [4.69, 9.17) is 0 Å². The molecule has 1 saturated heterocycles. The molecule has 0 aliphatic carbocycles. The standard InChI is InChI=1S/C21H22N8O6S/c1-14-17(28(30)31)11-16(12-18(14)29(32)33)36(34,35)27-9-7-26(8-10-27)21-13-20(23-15(2)24-21)25-19-5-3-4-6-22-19/h3-6,11-13H,7-10H2,1-2H3,(H,22,23,24,25). The second kappa shape index (κ2) is 9.79. The highest BCUT2D eigenvalue weighted by Crippen LogP contribution is 2.33. The molecule has 2 aromatic heterocycles. The summed E-state index contributed by atoms with van der Waals surface area (Å²) in [7, 11) is -4.21. The van der Waals surface area contributed by atoms with Crippen molar-refractivity contribution in [3.05, 3.63) is 74.2 Å². The quantitative estimate of drug-likeness (QED) is 0.362. The Hall–Kier alpha value is -4.24. The van der Waals surface area contributed by atoms with Gasteiger partial charge < -0.3 is 10.2 Å². The molecule has 0 spiro atoms. The number of hydrogen-bond donors (Lipinski definition) is 1. The zero-order valence-corrected chi connectivity index (χ0v) is 20.2. The molecule has 1 aromatic carbocycles. The molecule has 14 nitrogen and oxygen atoms in total. The number of sulfonamides is 1. The van der Waals surface area contributed by atoms with E-state index in [9.17, 15) is 28.6 Å². The SMILES string of the molecule is Cc1nc(Nc2ccccn2)cc(N2CCN(S(=O)(=O)c3cc([N+](=O)[O-])c(C)c([N+](=O)[O-])c3)CC2)n1. The summed E-state index contributed by atoms with van der Waals surface area (Å²) in [5.74, 6) is 2.25. The smallest absolute Gasteiger partial charge is 0.280 e. The summed E-state index contributed by atoms with van der Waals surface area (Å²) < 4.78 is 27.6. The van der Waals surface area contributed by atoms with Gasteiger partial charge in [-0.05, 0) is 26.0 Å². The minimum absolute atomic E-state index is 0.0594. The number of pyridine rings is 1. The molecule has 188 valence electrons. The van der Waals surface area contributed by atoms with E-state index in [1.165, 1.54) is 6.92 Å². The van der Waals surface area contributed by atoms with Crippen LogP contribution < -0.4 is 10.2 Å². The van der Waals surface area contributed by atoms with Gasteiger partial charge in [0.05, 0.1) is 14.7 Å². The molecule has 0 atom stereocenters.